The Morgan fingerprint density at radius 3 is 2.30 bits per heavy atom. The van der Waals surface area contributed by atoms with E-state index in [0.717, 1.165) is 0 Å². The Balaban J connectivity index is 1.97. The molecule has 0 atom stereocenters. The van der Waals surface area contributed by atoms with Gasteiger partial charge < -0.3 is 10.1 Å². The van der Waals surface area contributed by atoms with Crippen molar-refractivity contribution in [1.82, 2.24) is 5.32 Å². The van der Waals surface area contributed by atoms with Crippen LogP contribution < -0.4 is 5.32 Å². The van der Waals surface area contributed by atoms with Crippen LogP contribution in [-0.4, -0.2) is 37.5 Å². The second kappa shape index (κ2) is 9.70. The number of ether oxygens (including phenoxy) is 1. The van der Waals surface area contributed by atoms with Gasteiger partial charge in [-0.3, -0.25) is 4.79 Å². The second-order valence-electron chi connectivity index (χ2n) is 7.77. The molecule has 2 aromatic rings. The maximum absolute atomic E-state index is 13.0. The number of carbonyl (C=O) groups is 2. The molecule has 2 aromatic carbocycles. The molecule has 0 saturated carbocycles. The Morgan fingerprint density at radius 2 is 1.73 bits per heavy atom. The molecule has 0 saturated heterocycles. The molecule has 0 spiro atoms. The summed E-state index contributed by atoms with van der Waals surface area (Å²) in [7, 11) is -3.62. The maximum Gasteiger partial charge on any atom is 0.408 e. The molecule has 2 rings (SSSR count). The molecular weight excluding hydrogens is 477 g/mol. The Morgan fingerprint density at radius 1 is 1.10 bits per heavy atom. The van der Waals surface area contributed by atoms with Crippen molar-refractivity contribution in [1.29, 1.82) is 0 Å². The number of hydrogen-bond acceptors (Lipinski definition) is 5. The van der Waals surface area contributed by atoms with Crippen molar-refractivity contribution < 1.29 is 27.1 Å². The number of aryl methyl sites for hydroxylation is 1. The largest absolute Gasteiger partial charge is 0.433 e. The molecule has 162 valence electrons. The number of alkyl carbamates (subject to hydrolysis) is 1. The summed E-state index contributed by atoms with van der Waals surface area (Å²) in [6.45, 7) is 5.27. The average molecular weight is 500 g/mol. The number of hydrogen-bond donors (Lipinski definition) is 1. The molecule has 30 heavy (non-hydrogen) atoms. The summed E-state index contributed by atoms with van der Waals surface area (Å²) >= 11 is 3.34. The summed E-state index contributed by atoms with van der Waals surface area (Å²) in [4.78, 5) is 24.2. The van der Waals surface area contributed by atoms with E-state index < -0.39 is 33.2 Å². The van der Waals surface area contributed by atoms with E-state index in [1.807, 2.05) is 0 Å². The summed E-state index contributed by atoms with van der Waals surface area (Å²) in [6.07, 6.45) is -0.603. The first kappa shape index (κ1) is 24.0. The van der Waals surface area contributed by atoms with Gasteiger partial charge in [0.25, 0.3) is 0 Å². The van der Waals surface area contributed by atoms with Crippen LogP contribution in [-0.2, 0) is 21.0 Å². The minimum Gasteiger partial charge on any atom is -0.433 e. The van der Waals surface area contributed by atoms with Crippen LogP contribution in [0.15, 0.2) is 46.9 Å². The third-order valence-electron chi connectivity index (χ3n) is 3.93. The van der Waals surface area contributed by atoms with E-state index in [1.54, 1.807) is 39.0 Å². The average Bonchev–Trinajstić information content (AvgIpc) is 2.64. The molecule has 0 radical (unpaired) electrons. The van der Waals surface area contributed by atoms with E-state index in [2.05, 4.69) is 21.2 Å². The SMILES string of the molecule is CC(C)(C)NC(=O)OCS(=O)(=O)CCc1ccc(C(=O)c2ccc(F)cc2)c(Br)c1. The predicted molar refractivity (Wildman–Crippen MR) is 116 cm³/mol. The number of rotatable bonds is 7. The number of benzene rings is 2. The van der Waals surface area contributed by atoms with Crippen molar-refractivity contribution in [3.8, 4) is 0 Å². The van der Waals surface area contributed by atoms with Crippen molar-refractivity contribution in [3.63, 3.8) is 0 Å². The van der Waals surface area contributed by atoms with Crippen LogP contribution in [0.5, 0.6) is 0 Å². The van der Waals surface area contributed by atoms with Crippen LogP contribution in [0.2, 0.25) is 0 Å². The van der Waals surface area contributed by atoms with Crippen molar-refractivity contribution in [2.45, 2.75) is 32.7 Å². The normalized spacial score (nSPS) is 11.8. The number of sulfone groups is 1. The highest BCUT2D eigenvalue weighted by Crippen LogP contribution is 2.22. The highest BCUT2D eigenvalue weighted by atomic mass is 79.9. The van der Waals surface area contributed by atoms with Gasteiger partial charge in [-0.15, -0.1) is 0 Å². The number of ketones is 1. The Labute approximate surface area is 183 Å². The maximum atomic E-state index is 13.0. The molecule has 0 aliphatic carbocycles. The van der Waals surface area contributed by atoms with Gasteiger partial charge in [-0.1, -0.05) is 22.0 Å². The van der Waals surface area contributed by atoms with Gasteiger partial charge in [0.2, 0.25) is 0 Å². The molecule has 0 aromatic heterocycles. The summed E-state index contributed by atoms with van der Waals surface area (Å²) < 4.78 is 42.6. The molecule has 9 heteroatoms. The molecule has 0 bridgehead atoms. The van der Waals surface area contributed by atoms with Gasteiger partial charge in [0, 0.05) is 21.1 Å². The monoisotopic (exact) mass is 499 g/mol. The molecule has 1 amide bonds. The van der Waals surface area contributed by atoms with Gasteiger partial charge in [0.05, 0.1) is 5.75 Å². The third-order valence-corrected chi connectivity index (χ3v) is 5.89. The summed E-state index contributed by atoms with van der Waals surface area (Å²) in [5.41, 5.74) is 0.897. The Bertz CT molecular complexity index is 1030. The zero-order chi connectivity index (χ0) is 22.5. The van der Waals surface area contributed by atoms with E-state index in [9.17, 15) is 22.4 Å². The van der Waals surface area contributed by atoms with Crippen molar-refractivity contribution >= 4 is 37.6 Å². The summed E-state index contributed by atoms with van der Waals surface area (Å²) in [5.74, 6) is -1.63. The highest BCUT2D eigenvalue weighted by molar-refractivity contribution is 9.10. The summed E-state index contributed by atoms with van der Waals surface area (Å²) in [5, 5.41) is 2.52. The minimum absolute atomic E-state index is 0.191. The number of halogens is 2. The Hall–Kier alpha value is -2.26. The van der Waals surface area contributed by atoms with Crippen LogP contribution in [0.4, 0.5) is 9.18 Å². The Kier molecular flexibility index (Phi) is 7.76. The van der Waals surface area contributed by atoms with E-state index in [1.165, 1.54) is 24.3 Å². The lowest BCUT2D eigenvalue weighted by atomic mass is 10.0. The molecule has 0 heterocycles. The first-order chi connectivity index (χ1) is 13.9. The van der Waals surface area contributed by atoms with Gasteiger partial charge >= 0.3 is 6.09 Å². The smallest absolute Gasteiger partial charge is 0.408 e. The lowest BCUT2D eigenvalue weighted by molar-refractivity contribution is 0.103. The first-order valence-corrected chi connectivity index (χ1v) is 11.7. The van der Waals surface area contributed by atoms with E-state index in [4.69, 9.17) is 4.74 Å². The van der Waals surface area contributed by atoms with Gasteiger partial charge in [-0.2, -0.15) is 0 Å². The van der Waals surface area contributed by atoms with E-state index >= 15 is 0 Å². The fourth-order valence-corrected chi connectivity index (χ4v) is 4.03. The number of nitrogens with one attached hydrogen (secondary N) is 1. The molecule has 0 unspecified atom stereocenters. The lowest BCUT2D eigenvalue weighted by Gasteiger charge is -2.19. The van der Waals surface area contributed by atoms with Crippen LogP contribution in [0.25, 0.3) is 0 Å². The topological polar surface area (TPSA) is 89.5 Å². The van der Waals surface area contributed by atoms with Gasteiger partial charge in [-0.25, -0.2) is 17.6 Å². The van der Waals surface area contributed by atoms with Crippen molar-refractivity contribution in [2.24, 2.45) is 0 Å². The second-order valence-corrected chi connectivity index (χ2v) is 10.8. The zero-order valence-corrected chi connectivity index (χ0v) is 19.3. The van der Waals surface area contributed by atoms with Crippen molar-refractivity contribution in [2.75, 3.05) is 11.7 Å². The molecule has 0 aliphatic rings. The minimum atomic E-state index is -3.62. The lowest BCUT2D eigenvalue weighted by Crippen LogP contribution is -2.41. The number of carbonyl (C=O) groups excluding carboxylic acids is 2. The zero-order valence-electron chi connectivity index (χ0n) is 16.9. The molecule has 0 fully saturated rings. The first-order valence-electron chi connectivity index (χ1n) is 9.10. The quantitative estimate of drug-likeness (QED) is 0.574. The van der Waals surface area contributed by atoms with Crippen LogP contribution in [0.1, 0.15) is 42.3 Å². The molecule has 6 nitrogen and oxygen atoms in total. The van der Waals surface area contributed by atoms with Crippen molar-refractivity contribution in [3.05, 3.63) is 69.4 Å². The summed E-state index contributed by atoms with van der Waals surface area (Å²) in [6, 6.07) is 10.1. The standard InChI is InChI=1S/C21H23BrFNO5S/c1-21(2,3)24-20(26)29-13-30(27,28)11-10-14-4-9-17(18(22)12-14)19(25)15-5-7-16(23)8-6-15/h4-9,12H,10-11,13H2,1-3H3,(H,24,26). The number of amides is 1. The van der Waals surface area contributed by atoms with E-state index in [-0.39, 0.29) is 18.0 Å². The molecule has 1 N–H and O–H groups in total. The molecule has 0 aliphatic heterocycles. The predicted octanol–water partition coefficient (Wildman–Crippen LogP) is 4.26. The van der Waals surface area contributed by atoms with Gasteiger partial charge in [0.15, 0.2) is 21.6 Å². The van der Waals surface area contributed by atoms with E-state index in [0.29, 0.717) is 21.2 Å². The van der Waals surface area contributed by atoms with Gasteiger partial charge in [0.1, 0.15) is 5.82 Å². The third kappa shape index (κ3) is 7.53. The van der Waals surface area contributed by atoms with Crippen LogP contribution >= 0.6 is 15.9 Å². The fourth-order valence-electron chi connectivity index (χ4n) is 2.47. The van der Waals surface area contributed by atoms with Gasteiger partial charge in [-0.05, 0) is 69.2 Å². The van der Waals surface area contributed by atoms with Crippen LogP contribution in [0, 0.1) is 5.82 Å². The van der Waals surface area contributed by atoms with Crippen LogP contribution in [0.3, 0.4) is 0 Å². The fraction of sp³-hybridized carbons (Fsp3) is 0.333. The highest BCUT2D eigenvalue weighted by Gasteiger charge is 2.19. The molecular formula is C21H23BrFNO5S.